The number of hydrogen-bond donors (Lipinski definition) is 1. The van der Waals surface area contributed by atoms with Crippen molar-refractivity contribution < 1.29 is 4.74 Å². The van der Waals surface area contributed by atoms with Gasteiger partial charge >= 0.3 is 0 Å². The molecule has 13 heavy (non-hydrogen) atoms. The summed E-state index contributed by atoms with van der Waals surface area (Å²) in [5, 5.41) is 3.28. The van der Waals surface area contributed by atoms with Gasteiger partial charge in [-0.25, -0.2) is 0 Å². The second kappa shape index (κ2) is 10.0. The molecule has 2 heteroatoms. The largest absolute Gasteiger partial charge is 0.381 e. The van der Waals surface area contributed by atoms with Crippen LogP contribution < -0.4 is 5.32 Å². The zero-order chi connectivity index (χ0) is 9.94. The van der Waals surface area contributed by atoms with Crippen LogP contribution in [-0.4, -0.2) is 26.3 Å². The monoisotopic (exact) mass is 187 g/mol. The topological polar surface area (TPSA) is 21.3 Å². The Kier molecular flexibility index (Phi) is 9.94. The van der Waals surface area contributed by atoms with Crippen molar-refractivity contribution >= 4 is 0 Å². The van der Waals surface area contributed by atoms with Crippen molar-refractivity contribution in [2.45, 2.75) is 40.0 Å². The van der Waals surface area contributed by atoms with Crippen LogP contribution in [0, 0.1) is 5.92 Å². The van der Waals surface area contributed by atoms with E-state index in [1.807, 2.05) is 0 Å². The van der Waals surface area contributed by atoms with Crippen molar-refractivity contribution in [3.8, 4) is 0 Å². The third-order valence-corrected chi connectivity index (χ3v) is 1.96. The first kappa shape index (κ1) is 12.9. The fourth-order valence-electron chi connectivity index (χ4n) is 1.17. The normalized spacial score (nSPS) is 11.1. The Bertz CT molecular complexity index is 94.1. The predicted octanol–water partition coefficient (Wildman–Crippen LogP) is 2.44. The number of rotatable bonds is 9. The lowest BCUT2D eigenvalue weighted by atomic mass is 10.1. The minimum atomic E-state index is 0.811. The van der Waals surface area contributed by atoms with Gasteiger partial charge in [-0.3, -0.25) is 0 Å². The van der Waals surface area contributed by atoms with E-state index >= 15 is 0 Å². The lowest BCUT2D eigenvalue weighted by Gasteiger charge is -2.06. The third-order valence-electron chi connectivity index (χ3n) is 1.96. The van der Waals surface area contributed by atoms with E-state index in [4.69, 9.17) is 4.74 Å². The Labute approximate surface area is 83.1 Å². The molecule has 0 saturated carbocycles. The van der Waals surface area contributed by atoms with Gasteiger partial charge in [0.05, 0.1) is 0 Å². The van der Waals surface area contributed by atoms with Crippen molar-refractivity contribution in [2.75, 3.05) is 26.3 Å². The first-order chi connectivity index (χ1) is 6.27. The molecule has 0 aromatic heterocycles. The molecule has 0 bridgehead atoms. The molecule has 0 aromatic carbocycles. The van der Waals surface area contributed by atoms with Crippen LogP contribution in [-0.2, 0) is 4.74 Å². The van der Waals surface area contributed by atoms with Gasteiger partial charge in [0.15, 0.2) is 0 Å². The maximum atomic E-state index is 5.49. The highest BCUT2D eigenvalue weighted by Gasteiger charge is 1.93. The van der Waals surface area contributed by atoms with Crippen LogP contribution in [0.3, 0.4) is 0 Å². The summed E-state index contributed by atoms with van der Waals surface area (Å²) in [6.45, 7) is 10.6. The molecule has 0 heterocycles. The fraction of sp³-hybridized carbons (Fsp3) is 1.00. The first-order valence-corrected chi connectivity index (χ1v) is 5.55. The molecule has 0 aliphatic rings. The molecule has 0 aliphatic carbocycles. The zero-order valence-electron chi connectivity index (χ0n) is 9.44. The van der Waals surface area contributed by atoms with Crippen molar-refractivity contribution in [3.63, 3.8) is 0 Å². The molecule has 0 aliphatic heterocycles. The molecule has 0 unspecified atom stereocenters. The lowest BCUT2D eigenvalue weighted by molar-refractivity contribution is 0.125. The molecule has 0 amide bonds. The average Bonchev–Trinajstić information content (AvgIpc) is 2.09. The Morgan fingerprint density at radius 2 is 1.85 bits per heavy atom. The van der Waals surface area contributed by atoms with Gasteiger partial charge in [0.2, 0.25) is 0 Å². The summed E-state index contributed by atoms with van der Waals surface area (Å²) < 4.78 is 5.49. The Morgan fingerprint density at radius 3 is 2.46 bits per heavy atom. The van der Waals surface area contributed by atoms with E-state index in [9.17, 15) is 0 Å². The quantitative estimate of drug-likeness (QED) is 0.560. The van der Waals surface area contributed by atoms with E-state index in [0.29, 0.717) is 0 Å². The van der Waals surface area contributed by atoms with Crippen LogP contribution >= 0.6 is 0 Å². The molecule has 0 rings (SSSR count). The molecular formula is C11H25NO. The minimum Gasteiger partial charge on any atom is -0.381 e. The molecule has 80 valence electrons. The first-order valence-electron chi connectivity index (χ1n) is 5.55. The highest BCUT2D eigenvalue weighted by Crippen LogP contribution is 2.02. The highest BCUT2D eigenvalue weighted by molar-refractivity contribution is 4.46. The summed E-state index contributed by atoms with van der Waals surface area (Å²) in [5.41, 5.74) is 0. The number of nitrogens with one attached hydrogen (secondary N) is 1. The Morgan fingerprint density at radius 1 is 1.15 bits per heavy atom. The molecule has 0 aromatic rings. The zero-order valence-corrected chi connectivity index (χ0v) is 9.44. The highest BCUT2D eigenvalue weighted by atomic mass is 16.5. The van der Waals surface area contributed by atoms with Gasteiger partial charge in [-0.1, -0.05) is 20.8 Å². The van der Waals surface area contributed by atoms with Gasteiger partial charge in [-0.15, -0.1) is 0 Å². The van der Waals surface area contributed by atoms with Gasteiger partial charge in [-0.2, -0.15) is 0 Å². The summed E-state index contributed by atoms with van der Waals surface area (Å²) in [7, 11) is 0. The van der Waals surface area contributed by atoms with Crippen LogP contribution in [0.1, 0.15) is 40.0 Å². The Hall–Kier alpha value is -0.0800. The average molecular weight is 187 g/mol. The van der Waals surface area contributed by atoms with E-state index in [-0.39, 0.29) is 0 Å². The number of ether oxygens (including phenoxy) is 1. The maximum absolute atomic E-state index is 5.49. The molecule has 0 fully saturated rings. The molecule has 1 N–H and O–H groups in total. The van der Waals surface area contributed by atoms with Gasteiger partial charge in [0.1, 0.15) is 0 Å². The molecule has 0 spiro atoms. The molecular weight excluding hydrogens is 162 g/mol. The van der Waals surface area contributed by atoms with Crippen LogP contribution in [0.25, 0.3) is 0 Å². The van der Waals surface area contributed by atoms with E-state index in [1.165, 1.54) is 12.8 Å². The summed E-state index contributed by atoms with van der Waals surface area (Å²) in [6.07, 6.45) is 3.63. The van der Waals surface area contributed by atoms with E-state index in [1.54, 1.807) is 0 Å². The smallest absolute Gasteiger partial charge is 0.0478 e. The summed E-state index contributed by atoms with van der Waals surface area (Å²) in [6, 6.07) is 0. The van der Waals surface area contributed by atoms with Gasteiger partial charge in [-0.05, 0) is 38.3 Å². The van der Waals surface area contributed by atoms with Crippen molar-refractivity contribution in [1.29, 1.82) is 0 Å². The molecule has 0 atom stereocenters. The molecule has 0 saturated heterocycles. The second-order valence-corrected chi connectivity index (χ2v) is 3.86. The molecule has 2 nitrogen and oxygen atoms in total. The Balaban J connectivity index is 2.84. The van der Waals surface area contributed by atoms with Crippen LogP contribution in [0.4, 0.5) is 0 Å². The summed E-state index contributed by atoms with van der Waals surface area (Å²) in [4.78, 5) is 0. The summed E-state index contributed by atoms with van der Waals surface area (Å²) >= 11 is 0. The van der Waals surface area contributed by atoms with Crippen LogP contribution in [0.2, 0.25) is 0 Å². The predicted molar refractivity (Wildman–Crippen MR) is 58.1 cm³/mol. The van der Waals surface area contributed by atoms with Crippen molar-refractivity contribution in [3.05, 3.63) is 0 Å². The van der Waals surface area contributed by atoms with Crippen LogP contribution in [0.5, 0.6) is 0 Å². The lowest BCUT2D eigenvalue weighted by Crippen LogP contribution is -2.15. The van der Waals surface area contributed by atoms with Gasteiger partial charge in [0.25, 0.3) is 0 Å². The second-order valence-electron chi connectivity index (χ2n) is 3.86. The minimum absolute atomic E-state index is 0.811. The summed E-state index contributed by atoms with van der Waals surface area (Å²) in [5.74, 6) is 0.811. The van der Waals surface area contributed by atoms with Crippen LogP contribution in [0.15, 0.2) is 0 Å². The van der Waals surface area contributed by atoms with Gasteiger partial charge in [0, 0.05) is 13.2 Å². The standard InChI is InChI=1S/C11H25NO/c1-4-12-8-6-10-13-9-5-7-11(2)3/h11-12H,4-10H2,1-3H3. The third kappa shape index (κ3) is 11.9. The van der Waals surface area contributed by atoms with Crippen molar-refractivity contribution in [2.24, 2.45) is 5.92 Å². The molecule has 0 radical (unpaired) electrons. The van der Waals surface area contributed by atoms with E-state index in [2.05, 4.69) is 26.1 Å². The number of hydrogen-bond acceptors (Lipinski definition) is 2. The SMILES string of the molecule is CCNCCCOCCCC(C)C. The van der Waals surface area contributed by atoms with E-state index in [0.717, 1.165) is 38.6 Å². The van der Waals surface area contributed by atoms with Crippen molar-refractivity contribution in [1.82, 2.24) is 5.32 Å². The van der Waals surface area contributed by atoms with Gasteiger partial charge < -0.3 is 10.1 Å². The maximum Gasteiger partial charge on any atom is 0.0478 e. The fourth-order valence-corrected chi connectivity index (χ4v) is 1.17. The van der Waals surface area contributed by atoms with E-state index < -0.39 is 0 Å².